The molecule has 1 aromatic heterocycles. The summed E-state index contributed by atoms with van der Waals surface area (Å²) < 4.78 is 1.06. The molecule has 15 heavy (non-hydrogen) atoms. The average molecular weight is 320 g/mol. The summed E-state index contributed by atoms with van der Waals surface area (Å²) in [5, 5.41) is 3.16. The Morgan fingerprint density at radius 2 is 2.07 bits per heavy atom. The van der Waals surface area contributed by atoms with Crippen molar-refractivity contribution in [2.24, 2.45) is 5.92 Å². The van der Waals surface area contributed by atoms with Crippen molar-refractivity contribution in [3.63, 3.8) is 0 Å². The van der Waals surface area contributed by atoms with E-state index in [0.29, 0.717) is 5.92 Å². The van der Waals surface area contributed by atoms with Crippen LogP contribution < -0.4 is 10.2 Å². The molecule has 0 aliphatic carbocycles. The topological polar surface area (TPSA) is 41.0 Å². The summed E-state index contributed by atoms with van der Waals surface area (Å²) >= 11 is 2.21. The van der Waals surface area contributed by atoms with Crippen LogP contribution in [-0.4, -0.2) is 37.2 Å². The SMILES string of the molecule is CNCC(C)CN(C)c1ncc(I)cn1. The molecule has 1 aromatic rings. The lowest BCUT2D eigenvalue weighted by molar-refractivity contribution is 0.538. The number of rotatable bonds is 5. The van der Waals surface area contributed by atoms with E-state index in [0.717, 1.165) is 22.6 Å². The van der Waals surface area contributed by atoms with Crippen molar-refractivity contribution in [3.8, 4) is 0 Å². The maximum Gasteiger partial charge on any atom is 0.225 e. The third kappa shape index (κ3) is 4.29. The van der Waals surface area contributed by atoms with Gasteiger partial charge in [-0.3, -0.25) is 0 Å². The van der Waals surface area contributed by atoms with Crippen LogP contribution in [0.1, 0.15) is 6.92 Å². The molecule has 0 bridgehead atoms. The van der Waals surface area contributed by atoms with Crippen molar-refractivity contribution >= 4 is 28.5 Å². The monoisotopic (exact) mass is 320 g/mol. The average Bonchev–Trinajstić information content (AvgIpc) is 2.18. The Labute approximate surface area is 105 Å². The van der Waals surface area contributed by atoms with E-state index < -0.39 is 0 Å². The molecule has 1 unspecified atom stereocenters. The summed E-state index contributed by atoms with van der Waals surface area (Å²) in [5.74, 6) is 1.38. The van der Waals surface area contributed by atoms with Gasteiger partial charge in [0.15, 0.2) is 0 Å². The smallest absolute Gasteiger partial charge is 0.225 e. The van der Waals surface area contributed by atoms with Gasteiger partial charge in [0, 0.05) is 29.6 Å². The second-order valence-corrected chi connectivity index (χ2v) is 4.99. The molecule has 1 rings (SSSR count). The van der Waals surface area contributed by atoms with Crippen LogP contribution in [-0.2, 0) is 0 Å². The minimum atomic E-state index is 0.586. The highest BCUT2D eigenvalue weighted by Gasteiger charge is 2.08. The fourth-order valence-corrected chi connectivity index (χ4v) is 1.74. The maximum absolute atomic E-state index is 4.28. The van der Waals surface area contributed by atoms with Gasteiger partial charge in [0.2, 0.25) is 5.95 Å². The first kappa shape index (κ1) is 12.6. The van der Waals surface area contributed by atoms with Gasteiger partial charge in [-0.15, -0.1) is 0 Å². The minimum absolute atomic E-state index is 0.586. The zero-order chi connectivity index (χ0) is 11.3. The van der Waals surface area contributed by atoms with Gasteiger partial charge in [0.05, 0.1) is 0 Å². The highest BCUT2D eigenvalue weighted by molar-refractivity contribution is 14.1. The summed E-state index contributed by atoms with van der Waals surface area (Å²) in [6, 6.07) is 0. The number of hydrogen-bond donors (Lipinski definition) is 1. The first-order valence-electron chi connectivity index (χ1n) is 4.96. The van der Waals surface area contributed by atoms with Crippen molar-refractivity contribution in [2.45, 2.75) is 6.92 Å². The maximum atomic E-state index is 4.28. The van der Waals surface area contributed by atoms with Gasteiger partial charge < -0.3 is 10.2 Å². The number of nitrogens with one attached hydrogen (secondary N) is 1. The Balaban J connectivity index is 2.53. The van der Waals surface area contributed by atoms with E-state index in [2.05, 4.69) is 49.7 Å². The molecule has 1 N–H and O–H groups in total. The highest BCUT2D eigenvalue weighted by atomic mass is 127. The van der Waals surface area contributed by atoms with Crippen molar-refractivity contribution < 1.29 is 0 Å². The zero-order valence-corrected chi connectivity index (χ0v) is 11.5. The molecule has 0 saturated carbocycles. The molecule has 5 heteroatoms. The molecule has 4 nitrogen and oxygen atoms in total. The number of halogens is 1. The third-order valence-corrected chi connectivity index (χ3v) is 2.64. The van der Waals surface area contributed by atoms with E-state index in [1.165, 1.54) is 0 Å². The summed E-state index contributed by atoms with van der Waals surface area (Å²) in [5.41, 5.74) is 0. The molecule has 0 radical (unpaired) electrons. The predicted molar refractivity (Wildman–Crippen MR) is 71.1 cm³/mol. The largest absolute Gasteiger partial charge is 0.344 e. The molecule has 0 fully saturated rings. The van der Waals surface area contributed by atoms with Crippen LogP contribution in [0, 0.1) is 9.49 Å². The Kier molecular flexibility index (Phi) is 5.24. The van der Waals surface area contributed by atoms with E-state index in [1.54, 1.807) is 0 Å². The van der Waals surface area contributed by atoms with Crippen LogP contribution in [0.3, 0.4) is 0 Å². The molecule has 0 aliphatic rings. The summed E-state index contributed by atoms with van der Waals surface area (Å²) in [4.78, 5) is 10.6. The lowest BCUT2D eigenvalue weighted by Crippen LogP contribution is -2.30. The van der Waals surface area contributed by atoms with Gasteiger partial charge in [-0.2, -0.15) is 0 Å². The molecular weight excluding hydrogens is 303 g/mol. The summed E-state index contributed by atoms with van der Waals surface area (Å²) in [6.07, 6.45) is 3.67. The minimum Gasteiger partial charge on any atom is -0.344 e. The second kappa shape index (κ2) is 6.22. The second-order valence-electron chi connectivity index (χ2n) is 3.74. The molecule has 0 aromatic carbocycles. The first-order valence-corrected chi connectivity index (χ1v) is 6.04. The van der Waals surface area contributed by atoms with Crippen LogP contribution in [0.5, 0.6) is 0 Å². The first-order chi connectivity index (χ1) is 7.13. The lowest BCUT2D eigenvalue weighted by Gasteiger charge is -2.21. The number of hydrogen-bond acceptors (Lipinski definition) is 4. The number of anilines is 1. The van der Waals surface area contributed by atoms with Crippen molar-refractivity contribution in [3.05, 3.63) is 16.0 Å². The molecule has 84 valence electrons. The van der Waals surface area contributed by atoms with Gasteiger partial charge in [-0.05, 0) is 42.1 Å². The van der Waals surface area contributed by atoms with Gasteiger partial charge in [0.1, 0.15) is 0 Å². The fraction of sp³-hybridized carbons (Fsp3) is 0.600. The lowest BCUT2D eigenvalue weighted by atomic mass is 10.2. The summed E-state index contributed by atoms with van der Waals surface area (Å²) in [6.45, 7) is 4.18. The number of aromatic nitrogens is 2. The van der Waals surface area contributed by atoms with Gasteiger partial charge in [0.25, 0.3) is 0 Å². The predicted octanol–water partition coefficient (Wildman–Crippen LogP) is 1.37. The zero-order valence-electron chi connectivity index (χ0n) is 9.37. The third-order valence-electron chi connectivity index (χ3n) is 2.09. The fourth-order valence-electron chi connectivity index (χ4n) is 1.46. The van der Waals surface area contributed by atoms with Crippen molar-refractivity contribution in [2.75, 3.05) is 32.1 Å². The highest BCUT2D eigenvalue weighted by Crippen LogP contribution is 2.08. The molecule has 0 aliphatic heterocycles. The summed E-state index contributed by atoms with van der Waals surface area (Å²) in [7, 11) is 3.99. The molecular formula is C10H17IN4. The van der Waals surface area contributed by atoms with Crippen molar-refractivity contribution in [1.82, 2.24) is 15.3 Å². The van der Waals surface area contributed by atoms with Crippen molar-refractivity contribution in [1.29, 1.82) is 0 Å². The Hall–Kier alpha value is -0.430. The normalized spacial score (nSPS) is 12.5. The molecule has 0 amide bonds. The van der Waals surface area contributed by atoms with E-state index in [1.807, 2.05) is 26.5 Å². The molecule has 1 atom stereocenters. The molecule has 1 heterocycles. The van der Waals surface area contributed by atoms with Gasteiger partial charge >= 0.3 is 0 Å². The van der Waals surface area contributed by atoms with Crippen LogP contribution >= 0.6 is 22.6 Å². The number of nitrogens with zero attached hydrogens (tertiary/aromatic N) is 3. The van der Waals surface area contributed by atoms with Crippen LogP contribution in [0.4, 0.5) is 5.95 Å². The Morgan fingerprint density at radius 1 is 1.47 bits per heavy atom. The van der Waals surface area contributed by atoms with Crippen LogP contribution in [0.15, 0.2) is 12.4 Å². The molecule has 0 saturated heterocycles. The van der Waals surface area contributed by atoms with E-state index in [9.17, 15) is 0 Å². The standard InChI is InChI=1S/C10H17IN4/c1-8(4-12-2)7-15(3)10-13-5-9(11)6-14-10/h5-6,8,12H,4,7H2,1-3H3. The van der Waals surface area contributed by atoms with E-state index >= 15 is 0 Å². The van der Waals surface area contributed by atoms with E-state index in [-0.39, 0.29) is 0 Å². The Morgan fingerprint density at radius 3 is 2.60 bits per heavy atom. The van der Waals surface area contributed by atoms with Crippen LogP contribution in [0.25, 0.3) is 0 Å². The van der Waals surface area contributed by atoms with E-state index in [4.69, 9.17) is 0 Å². The molecule has 0 spiro atoms. The Bertz CT molecular complexity index is 288. The quantitative estimate of drug-likeness (QED) is 0.832. The van der Waals surface area contributed by atoms with Crippen LogP contribution in [0.2, 0.25) is 0 Å². The van der Waals surface area contributed by atoms with Gasteiger partial charge in [-0.25, -0.2) is 9.97 Å². The van der Waals surface area contributed by atoms with Gasteiger partial charge in [-0.1, -0.05) is 6.92 Å².